The van der Waals surface area contributed by atoms with Crippen molar-refractivity contribution in [2.45, 2.75) is 33.8 Å². The molecular formula is C16H21FO3. The topological polar surface area (TPSA) is 46.5 Å². The molecule has 0 aliphatic carbocycles. The van der Waals surface area contributed by atoms with Crippen molar-refractivity contribution in [1.29, 1.82) is 0 Å². The van der Waals surface area contributed by atoms with Crippen molar-refractivity contribution in [2.24, 2.45) is 5.41 Å². The average Bonchev–Trinajstić information content (AvgIpc) is 2.30. The number of benzene rings is 1. The number of carboxylic acids is 1. The Morgan fingerprint density at radius 2 is 2.05 bits per heavy atom. The number of halogens is 1. The van der Waals surface area contributed by atoms with Gasteiger partial charge in [0.05, 0.1) is 6.61 Å². The van der Waals surface area contributed by atoms with Crippen molar-refractivity contribution in [1.82, 2.24) is 0 Å². The third kappa shape index (κ3) is 7.04. The van der Waals surface area contributed by atoms with Crippen molar-refractivity contribution in [3.63, 3.8) is 0 Å². The van der Waals surface area contributed by atoms with Gasteiger partial charge < -0.3 is 9.84 Å². The van der Waals surface area contributed by atoms with E-state index in [9.17, 15) is 9.18 Å². The maximum atomic E-state index is 13.4. The van der Waals surface area contributed by atoms with E-state index in [-0.39, 0.29) is 5.41 Å². The van der Waals surface area contributed by atoms with Gasteiger partial charge >= 0.3 is 5.97 Å². The molecule has 1 N–H and O–H groups in total. The van der Waals surface area contributed by atoms with Gasteiger partial charge in [-0.05, 0) is 47.2 Å². The second-order valence-corrected chi connectivity index (χ2v) is 5.93. The van der Waals surface area contributed by atoms with E-state index in [1.165, 1.54) is 18.2 Å². The highest BCUT2D eigenvalue weighted by Crippen LogP contribution is 2.18. The van der Waals surface area contributed by atoms with Crippen molar-refractivity contribution >= 4 is 12.0 Å². The SMILES string of the molecule is CC(C)(C)CCOCc1cc(F)cc(C=CC(=O)O)c1. The Labute approximate surface area is 119 Å². The van der Waals surface area contributed by atoms with Crippen LogP contribution in [0.4, 0.5) is 4.39 Å². The molecule has 0 aromatic heterocycles. The molecule has 0 unspecified atom stereocenters. The zero-order valence-corrected chi connectivity index (χ0v) is 12.1. The van der Waals surface area contributed by atoms with E-state index in [0.29, 0.717) is 24.3 Å². The van der Waals surface area contributed by atoms with Crippen molar-refractivity contribution < 1.29 is 19.0 Å². The fourth-order valence-corrected chi connectivity index (χ4v) is 1.59. The zero-order valence-electron chi connectivity index (χ0n) is 12.1. The van der Waals surface area contributed by atoms with Gasteiger partial charge in [-0.3, -0.25) is 0 Å². The molecule has 20 heavy (non-hydrogen) atoms. The highest BCUT2D eigenvalue weighted by Gasteiger charge is 2.09. The van der Waals surface area contributed by atoms with E-state index in [2.05, 4.69) is 20.8 Å². The van der Waals surface area contributed by atoms with Gasteiger partial charge in [0.25, 0.3) is 0 Å². The van der Waals surface area contributed by atoms with Crippen LogP contribution in [0.3, 0.4) is 0 Å². The second kappa shape index (κ2) is 7.20. The van der Waals surface area contributed by atoms with Gasteiger partial charge in [-0.25, -0.2) is 9.18 Å². The summed E-state index contributed by atoms with van der Waals surface area (Å²) in [5.74, 6) is -1.45. The summed E-state index contributed by atoms with van der Waals surface area (Å²) >= 11 is 0. The molecule has 0 spiro atoms. The molecule has 0 heterocycles. The molecule has 0 bridgehead atoms. The zero-order chi connectivity index (χ0) is 15.2. The van der Waals surface area contributed by atoms with Gasteiger partial charge in [0.15, 0.2) is 0 Å². The van der Waals surface area contributed by atoms with Crippen LogP contribution in [0.15, 0.2) is 24.3 Å². The highest BCUT2D eigenvalue weighted by atomic mass is 19.1. The predicted octanol–water partition coefficient (Wildman–Crippen LogP) is 3.88. The third-order valence-electron chi connectivity index (χ3n) is 2.66. The van der Waals surface area contributed by atoms with Crippen LogP contribution in [0.1, 0.15) is 38.3 Å². The van der Waals surface area contributed by atoms with E-state index in [1.807, 2.05) is 0 Å². The molecule has 0 aliphatic heterocycles. The first kappa shape index (κ1) is 16.4. The highest BCUT2D eigenvalue weighted by molar-refractivity contribution is 5.85. The van der Waals surface area contributed by atoms with E-state index in [4.69, 9.17) is 9.84 Å². The van der Waals surface area contributed by atoms with Crippen LogP contribution >= 0.6 is 0 Å². The molecule has 0 fully saturated rings. The molecular weight excluding hydrogens is 259 g/mol. The van der Waals surface area contributed by atoms with Crippen LogP contribution in [-0.4, -0.2) is 17.7 Å². The summed E-state index contributed by atoms with van der Waals surface area (Å²) in [6.45, 7) is 7.33. The average molecular weight is 280 g/mol. The Morgan fingerprint density at radius 1 is 1.35 bits per heavy atom. The summed E-state index contributed by atoms with van der Waals surface area (Å²) in [4.78, 5) is 10.4. The van der Waals surface area contributed by atoms with E-state index in [0.717, 1.165) is 12.5 Å². The summed E-state index contributed by atoms with van der Waals surface area (Å²) in [6.07, 6.45) is 3.27. The molecule has 1 aromatic rings. The first-order valence-electron chi connectivity index (χ1n) is 6.54. The maximum Gasteiger partial charge on any atom is 0.328 e. The first-order valence-corrected chi connectivity index (χ1v) is 6.54. The number of aliphatic carboxylic acids is 1. The summed E-state index contributed by atoms with van der Waals surface area (Å²) in [6, 6.07) is 4.41. The maximum absolute atomic E-state index is 13.4. The molecule has 0 aliphatic rings. The summed E-state index contributed by atoms with van der Waals surface area (Å²) < 4.78 is 18.9. The number of ether oxygens (including phenoxy) is 1. The van der Waals surface area contributed by atoms with Crippen LogP contribution in [-0.2, 0) is 16.1 Å². The Bertz CT molecular complexity index is 487. The molecule has 0 radical (unpaired) electrons. The summed E-state index contributed by atoms with van der Waals surface area (Å²) in [7, 11) is 0. The first-order chi connectivity index (χ1) is 9.26. The number of carboxylic acid groups (broad SMARTS) is 1. The lowest BCUT2D eigenvalue weighted by atomic mass is 9.93. The molecule has 4 heteroatoms. The fourth-order valence-electron chi connectivity index (χ4n) is 1.59. The Morgan fingerprint density at radius 3 is 2.65 bits per heavy atom. The van der Waals surface area contributed by atoms with E-state index < -0.39 is 11.8 Å². The summed E-state index contributed by atoms with van der Waals surface area (Å²) in [5.41, 5.74) is 1.42. The molecule has 1 rings (SSSR count). The lowest BCUT2D eigenvalue weighted by molar-refractivity contribution is -0.131. The standard InChI is InChI=1S/C16H21FO3/c1-16(2,3)6-7-20-11-13-8-12(4-5-15(18)19)9-14(17)10-13/h4-5,8-10H,6-7,11H2,1-3H3,(H,18,19). The van der Waals surface area contributed by atoms with Crippen LogP contribution in [0, 0.1) is 11.2 Å². The monoisotopic (exact) mass is 280 g/mol. The third-order valence-corrected chi connectivity index (χ3v) is 2.66. The van der Waals surface area contributed by atoms with Crippen LogP contribution in [0.2, 0.25) is 0 Å². The Hall–Kier alpha value is -1.68. The van der Waals surface area contributed by atoms with E-state index >= 15 is 0 Å². The van der Waals surface area contributed by atoms with Crippen LogP contribution < -0.4 is 0 Å². The van der Waals surface area contributed by atoms with E-state index in [1.54, 1.807) is 6.07 Å². The number of hydrogen-bond acceptors (Lipinski definition) is 2. The molecule has 110 valence electrons. The van der Waals surface area contributed by atoms with Gasteiger partial charge in [-0.2, -0.15) is 0 Å². The molecule has 0 saturated heterocycles. The van der Waals surface area contributed by atoms with Crippen molar-refractivity contribution in [2.75, 3.05) is 6.61 Å². The van der Waals surface area contributed by atoms with Crippen molar-refractivity contribution in [3.05, 3.63) is 41.2 Å². The Balaban J connectivity index is 2.60. The van der Waals surface area contributed by atoms with Crippen LogP contribution in [0.5, 0.6) is 0 Å². The molecule has 0 atom stereocenters. The van der Waals surface area contributed by atoms with Crippen LogP contribution in [0.25, 0.3) is 6.08 Å². The minimum absolute atomic E-state index is 0.206. The number of hydrogen-bond donors (Lipinski definition) is 1. The molecule has 0 amide bonds. The van der Waals surface area contributed by atoms with Gasteiger partial charge in [0.1, 0.15) is 5.82 Å². The molecule has 3 nitrogen and oxygen atoms in total. The van der Waals surface area contributed by atoms with Gasteiger partial charge in [-0.15, -0.1) is 0 Å². The number of carbonyl (C=O) groups is 1. The summed E-state index contributed by atoms with van der Waals surface area (Å²) in [5, 5.41) is 8.56. The Kier molecular flexibility index (Phi) is 5.89. The largest absolute Gasteiger partial charge is 0.478 e. The smallest absolute Gasteiger partial charge is 0.328 e. The van der Waals surface area contributed by atoms with Crippen molar-refractivity contribution in [3.8, 4) is 0 Å². The van der Waals surface area contributed by atoms with Gasteiger partial charge in [0.2, 0.25) is 0 Å². The number of rotatable bonds is 6. The van der Waals surface area contributed by atoms with Gasteiger partial charge in [-0.1, -0.05) is 20.8 Å². The normalized spacial score (nSPS) is 12.0. The fraction of sp³-hybridized carbons (Fsp3) is 0.438. The lowest BCUT2D eigenvalue weighted by Gasteiger charge is -2.17. The quantitative estimate of drug-likeness (QED) is 0.635. The molecule has 1 aromatic carbocycles. The predicted molar refractivity (Wildman–Crippen MR) is 76.8 cm³/mol. The minimum atomic E-state index is -1.06. The lowest BCUT2D eigenvalue weighted by Crippen LogP contribution is -2.09. The molecule has 0 saturated carbocycles. The minimum Gasteiger partial charge on any atom is -0.478 e. The second-order valence-electron chi connectivity index (χ2n) is 5.93. The van der Waals surface area contributed by atoms with Gasteiger partial charge in [0, 0.05) is 12.7 Å².